The van der Waals surface area contributed by atoms with Gasteiger partial charge in [-0.25, -0.2) is 0 Å². The SMILES string of the molecule is CC(C)(C)c1c(-c2ccc(-c3ccccn3)nc2)sc(-c2ccc(-c3ccccn3)nc2)c1C(C)(C)C. The molecule has 0 atom stereocenters. The van der Waals surface area contributed by atoms with E-state index in [9.17, 15) is 0 Å². The number of hydrogen-bond donors (Lipinski definition) is 0. The lowest BCUT2D eigenvalue weighted by Gasteiger charge is -2.29. The highest BCUT2D eigenvalue weighted by molar-refractivity contribution is 7.19. The Hall–Kier alpha value is -3.70. The quantitative estimate of drug-likeness (QED) is 0.246. The average molecular weight is 505 g/mol. The van der Waals surface area contributed by atoms with Crippen molar-refractivity contribution in [2.75, 3.05) is 0 Å². The van der Waals surface area contributed by atoms with E-state index in [-0.39, 0.29) is 10.8 Å². The number of rotatable bonds is 4. The monoisotopic (exact) mass is 504 g/mol. The molecule has 0 bridgehead atoms. The van der Waals surface area contributed by atoms with E-state index >= 15 is 0 Å². The summed E-state index contributed by atoms with van der Waals surface area (Å²) in [7, 11) is 0. The molecule has 5 heteroatoms. The summed E-state index contributed by atoms with van der Waals surface area (Å²) in [6.45, 7) is 13.8. The largest absolute Gasteiger partial charge is 0.255 e. The van der Waals surface area contributed by atoms with E-state index in [1.165, 1.54) is 20.9 Å². The fourth-order valence-corrected chi connectivity index (χ4v) is 6.36. The van der Waals surface area contributed by atoms with Crippen LogP contribution in [0.1, 0.15) is 52.7 Å². The molecule has 0 saturated heterocycles. The van der Waals surface area contributed by atoms with Crippen LogP contribution in [-0.2, 0) is 10.8 Å². The average Bonchev–Trinajstić information content (AvgIpc) is 3.32. The van der Waals surface area contributed by atoms with Gasteiger partial charge in [0.15, 0.2) is 0 Å². The Bertz CT molecular complexity index is 1380. The van der Waals surface area contributed by atoms with Crippen molar-refractivity contribution < 1.29 is 0 Å². The van der Waals surface area contributed by atoms with Crippen LogP contribution < -0.4 is 0 Å². The molecular formula is C32H32N4S. The second kappa shape index (κ2) is 9.64. The van der Waals surface area contributed by atoms with Gasteiger partial charge >= 0.3 is 0 Å². The molecule has 37 heavy (non-hydrogen) atoms. The minimum absolute atomic E-state index is 0.0479. The van der Waals surface area contributed by atoms with Crippen molar-refractivity contribution in [3.63, 3.8) is 0 Å². The molecule has 0 aliphatic rings. The minimum atomic E-state index is -0.0479. The molecule has 5 aromatic heterocycles. The maximum atomic E-state index is 4.79. The first-order valence-corrected chi connectivity index (χ1v) is 13.4. The third-order valence-corrected chi connectivity index (χ3v) is 7.60. The summed E-state index contributed by atoms with van der Waals surface area (Å²) >= 11 is 1.84. The summed E-state index contributed by atoms with van der Waals surface area (Å²) in [6, 6.07) is 20.3. The number of pyridine rings is 4. The third-order valence-electron chi connectivity index (χ3n) is 6.31. The van der Waals surface area contributed by atoms with Gasteiger partial charge in [0, 0.05) is 45.7 Å². The molecular weight excluding hydrogens is 472 g/mol. The molecule has 186 valence electrons. The Labute approximate surface area is 223 Å². The molecule has 0 amide bonds. The van der Waals surface area contributed by atoms with Crippen LogP contribution >= 0.6 is 11.3 Å². The highest BCUT2D eigenvalue weighted by Gasteiger charge is 2.34. The van der Waals surface area contributed by atoms with Gasteiger partial charge in [-0.1, -0.05) is 53.7 Å². The van der Waals surface area contributed by atoms with Gasteiger partial charge in [0.25, 0.3) is 0 Å². The molecule has 0 aromatic carbocycles. The zero-order valence-electron chi connectivity index (χ0n) is 22.3. The van der Waals surface area contributed by atoms with Crippen LogP contribution in [0, 0.1) is 0 Å². The molecule has 0 fully saturated rings. The topological polar surface area (TPSA) is 51.6 Å². The maximum absolute atomic E-state index is 4.79. The second-order valence-corrected chi connectivity index (χ2v) is 12.3. The molecule has 5 rings (SSSR count). The van der Waals surface area contributed by atoms with E-state index in [0.717, 1.165) is 33.9 Å². The molecule has 0 aliphatic heterocycles. The highest BCUT2D eigenvalue weighted by atomic mass is 32.1. The number of thiophene rings is 1. The molecule has 0 unspecified atom stereocenters. The number of nitrogens with zero attached hydrogens (tertiary/aromatic N) is 4. The minimum Gasteiger partial charge on any atom is -0.255 e. The third kappa shape index (κ3) is 5.09. The van der Waals surface area contributed by atoms with Crippen molar-refractivity contribution in [3.8, 4) is 43.7 Å². The number of aromatic nitrogens is 4. The lowest BCUT2D eigenvalue weighted by molar-refractivity contribution is 0.536. The Morgan fingerprint density at radius 2 is 0.892 bits per heavy atom. The van der Waals surface area contributed by atoms with Gasteiger partial charge in [0.2, 0.25) is 0 Å². The molecule has 5 heterocycles. The van der Waals surface area contributed by atoms with Crippen LogP contribution in [0.2, 0.25) is 0 Å². The van der Waals surface area contributed by atoms with E-state index in [1.54, 1.807) is 12.4 Å². The summed E-state index contributed by atoms with van der Waals surface area (Å²) in [5.74, 6) is 0. The Balaban J connectivity index is 1.65. The smallest absolute Gasteiger partial charge is 0.0886 e. The molecule has 4 nitrogen and oxygen atoms in total. The van der Waals surface area contributed by atoms with Gasteiger partial charge in [-0.05, 0) is 70.5 Å². The van der Waals surface area contributed by atoms with Gasteiger partial charge in [-0.2, -0.15) is 0 Å². The van der Waals surface area contributed by atoms with E-state index in [4.69, 9.17) is 9.97 Å². The fourth-order valence-electron chi connectivity index (χ4n) is 4.66. The van der Waals surface area contributed by atoms with Gasteiger partial charge < -0.3 is 0 Å². The summed E-state index contributed by atoms with van der Waals surface area (Å²) in [4.78, 5) is 21.0. The molecule has 0 radical (unpaired) electrons. The normalized spacial score (nSPS) is 12.1. The van der Waals surface area contributed by atoms with Crippen molar-refractivity contribution in [1.29, 1.82) is 0 Å². The fraction of sp³-hybridized carbons (Fsp3) is 0.250. The first-order valence-electron chi connectivity index (χ1n) is 12.6. The van der Waals surface area contributed by atoms with Gasteiger partial charge in [-0.3, -0.25) is 19.9 Å². The van der Waals surface area contributed by atoms with Crippen LogP contribution in [0.15, 0.2) is 85.5 Å². The van der Waals surface area contributed by atoms with Crippen molar-refractivity contribution in [2.45, 2.75) is 52.4 Å². The van der Waals surface area contributed by atoms with Crippen LogP contribution in [0.5, 0.6) is 0 Å². The van der Waals surface area contributed by atoms with Crippen LogP contribution in [0.25, 0.3) is 43.7 Å². The van der Waals surface area contributed by atoms with E-state index in [2.05, 4.69) is 75.8 Å². The standard InChI is InChI=1S/C32H32N4S/c1-31(2,3)27-28(32(4,5)6)30(22-14-16-26(36-20-22)24-12-8-10-18-34-24)37-29(27)21-13-15-25(35-19-21)23-11-7-9-17-33-23/h7-20H,1-6H3. The predicted molar refractivity (Wildman–Crippen MR) is 155 cm³/mol. The van der Waals surface area contributed by atoms with E-state index in [0.29, 0.717) is 0 Å². The summed E-state index contributed by atoms with van der Waals surface area (Å²) < 4.78 is 0. The Morgan fingerprint density at radius 1 is 0.486 bits per heavy atom. The van der Waals surface area contributed by atoms with Crippen LogP contribution in [-0.4, -0.2) is 19.9 Å². The van der Waals surface area contributed by atoms with Crippen molar-refractivity contribution in [1.82, 2.24) is 19.9 Å². The lowest BCUT2D eigenvalue weighted by Crippen LogP contribution is -2.21. The number of hydrogen-bond acceptors (Lipinski definition) is 5. The Morgan fingerprint density at radius 3 is 1.19 bits per heavy atom. The van der Waals surface area contributed by atoms with Gasteiger partial charge in [0.1, 0.15) is 0 Å². The maximum Gasteiger partial charge on any atom is 0.0886 e. The lowest BCUT2D eigenvalue weighted by atomic mass is 9.74. The Kier molecular flexibility index (Phi) is 6.50. The molecule has 5 aromatic rings. The predicted octanol–water partition coefficient (Wildman–Crippen LogP) is 8.59. The van der Waals surface area contributed by atoms with Crippen LogP contribution in [0.4, 0.5) is 0 Å². The highest BCUT2D eigenvalue weighted by Crippen LogP contribution is 2.51. The first kappa shape index (κ1) is 25.0. The zero-order chi connectivity index (χ0) is 26.2. The molecule has 0 aliphatic carbocycles. The second-order valence-electron chi connectivity index (χ2n) is 11.3. The van der Waals surface area contributed by atoms with Crippen molar-refractivity contribution in [3.05, 3.63) is 96.6 Å². The van der Waals surface area contributed by atoms with Crippen molar-refractivity contribution in [2.24, 2.45) is 0 Å². The van der Waals surface area contributed by atoms with E-state index in [1.807, 2.05) is 60.1 Å². The van der Waals surface area contributed by atoms with Crippen molar-refractivity contribution >= 4 is 11.3 Å². The van der Waals surface area contributed by atoms with E-state index < -0.39 is 0 Å². The first-order chi connectivity index (χ1) is 17.6. The van der Waals surface area contributed by atoms with Gasteiger partial charge in [0.05, 0.1) is 22.8 Å². The molecule has 0 spiro atoms. The molecule has 0 N–H and O–H groups in total. The summed E-state index contributed by atoms with van der Waals surface area (Å²) in [5, 5.41) is 0. The summed E-state index contributed by atoms with van der Waals surface area (Å²) in [5.41, 5.74) is 8.43. The van der Waals surface area contributed by atoms with Crippen LogP contribution in [0.3, 0.4) is 0 Å². The zero-order valence-corrected chi connectivity index (χ0v) is 23.1. The van der Waals surface area contributed by atoms with Gasteiger partial charge in [-0.15, -0.1) is 11.3 Å². The summed E-state index contributed by atoms with van der Waals surface area (Å²) in [6.07, 6.45) is 7.58. The molecule has 0 saturated carbocycles.